The first kappa shape index (κ1) is 78.3. The number of nitrogens with one attached hydrogen (secondary N) is 8. The molecule has 4 amide bonds. The zero-order valence-corrected chi connectivity index (χ0v) is 59.5. The SMILES string of the molecule is C=C(C)C(=O)Nc1ccc(-c2[nH]ncc2CN(C)CCCC)cc1.C=CC(=O)Nc1ccc(-c2[nH]ncc2CN(C)CCCC)cc1.CCCCN(C)Cc1cn[nH]c1-c1ccc(NC(=O)C=C(C)C)cc1.CCCCN(C)Cc1cn[nH]c1-c1ccc(NC(=O)CCOC)cc1. The van der Waals surface area contributed by atoms with Crippen LogP contribution in [0.2, 0.25) is 0 Å². The fraction of sp³-hybridized carbons (Fsp3) is 0.395. The first-order valence-corrected chi connectivity index (χ1v) is 33.7. The van der Waals surface area contributed by atoms with Crippen molar-refractivity contribution in [2.75, 3.05) is 89.4 Å². The number of aromatic nitrogens is 8. The van der Waals surface area contributed by atoms with E-state index >= 15 is 0 Å². The third-order valence-electron chi connectivity index (χ3n) is 15.5. The molecule has 97 heavy (non-hydrogen) atoms. The molecule has 0 atom stereocenters. The molecule has 0 unspecified atom stereocenters. The first-order valence-electron chi connectivity index (χ1n) is 33.7. The molecule has 520 valence electrons. The third kappa shape index (κ3) is 28.1. The molecule has 21 heteroatoms. The number of hydrogen-bond donors (Lipinski definition) is 8. The van der Waals surface area contributed by atoms with Gasteiger partial charge in [0.2, 0.25) is 17.7 Å². The summed E-state index contributed by atoms with van der Waals surface area (Å²) in [7, 11) is 10.1. The molecule has 4 heterocycles. The molecule has 0 fully saturated rings. The maximum atomic E-state index is 11.8. The van der Waals surface area contributed by atoms with E-state index < -0.39 is 0 Å². The number of methoxy groups -OCH3 is 1. The Hall–Kier alpha value is -9.38. The lowest BCUT2D eigenvalue weighted by Gasteiger charge is -2.16. The van der Waals surface area contributed by atoms with E-state index in [9.17, 15) is 19.2 Å². The molecule has 21 nitrogen and oxygen atoms in total. The van der Waals surface area contributed by atoms with Gasteiger partial charge >= 0.3 is 0 Å². The van der Waals surface area contributed by atoms with E-state index in [0.29, 0.717) is 18.6 Å². The largest absolute Gasteiger partial charge is 0.384 e. The van der Waals surface area contributed by atoms with Crippen LogP contribution in [0.25, 0.3) is 45.0 Å². The molecule has 8 rings (SSSR count). The number of hydrogen-bond acceptors (Lipinski definition) is 13. The molecule has 8 aromatic rings. The summed E-state index contributed by atoms with van der Waals surface area (Å²) < 4.78 is 4.91. The van der Waals surface area contributed by atoms with Gasteiger partial charge in [-0.2, -0.15) is 20.4 Å². The number of allylic oxidation sites excluding steroid dienone is 1. The van der Waals surface area contributed by atoms with Crippen molar-refractivity contribution in [1.29, 1.82) is 0 Å². The quantitative estimate of drug-likeness (QED) is 0.0175. The van der Waals surface area contributed by atoms with Gasteiger partial charge in [-0.25, -0.2) is 0 Å². The fourth-order valence-electron chi connectivity index (χ4n) is 10.1. The number of H-pyrrole nitrogens is 4. The number of rotatable bonds is 34. The molecule has 0 aliphatic carbocycles. The van der Waals surface area contributed by atoms with Crippen LogP contribution < -0.4 is 21.3 Å². The van der Waals surface area contributed by atoms with Gasteiger partial charge in [-0.05, 0) is 155 Å². The average molecular weight is 1320 g/mol. The second kappa shape index (κ2) is 42.9. The number of amides is 4. The van der Waals surface area contributed by atoms with Crippen LogP contribution in [0.4, 0.5) is 22.7 Å². The van der Waals surface area contributed by atoms with Crippen molar-refractivity contribution in [3.8, 4) is 45.0 Å². The van der Waals surface area contributed by atoms with Gasteiger partial charge in [-0.1, -0.05) is 121 Å². The standard InChI is InChI=1S/C20H28N4O.C19H28N4O2.C19H26N4O.C18H24N4O/c1-5-6-11-24(4)14-17-13-21-23-20(17)16-7-9-18(10-8-16)22-19(25)12-15(2)3;1-4-5-11-23(2)14-16-13-20-22-19(16)15-6-8-17(9-7-15)21-18(24)10-12-25-3;1-5-6-11-23(4)13-16-12-20-22-18(16)15-7-9-17(10-8-15)21-19(24)14(2)3;1-4-6-11-22(3)13-15-12-19-21-18(15)14-7-9-16(10-8-14)20-17(23)5-2/h7-10,12-13H,5-6,11,14H2,1-4H3,(H,21,23)(H,22,25);6-9,13H,4-5,10-12,14H2,1-3H3,(H,20,22)(H,21,24);7-10,12H,2,5-6,11,13H2,1,3-4H3,(H,20,22)(H,21,24);5,7-10,12H,2,4,6,11,13H2,1,3H3,(H,19,21)(H,20,23). The minimum atomic E-state index is -0.211. The predicted octanol–water partition coefficient (Wildman–Crippen LogP) is 14.8. The van der Waals surface area contributed by atoms with Crippen LogP contribution in [-0.2, 0) is 50.1 Å². The number of carbonyl (C=O) groups excluding carboxylic acids is 4. The Labute approximate surface area is 575 Å². The molecule has 0 bridgehead atoms. The van der Waals surface area contributed by atoms with Crippen molar-refractivity contribution in [1.82, 2.24) is 60.4 Å². The average Bonchev–Trinajstić information content (AvgIpc) is 1.82. The second-order valence-electron chi connectivity index (χ2n) is 24.7. The zero-order chi connectivity index (χ0) is 70.5. The van der Waals surface area contributed by atoms with Crippen LogP contribution in [0.1, 0.15) is 129 Å². The van der Waals surface area contributed by atoms with Crippen LogP contribution in [0.5, 0.6) is 0 Å². The summed E-state index contributed by atoms with van der Waals surface area (Å²) in [4.78, 5) is 55.7. The lowest BCUT2D eigenvalue weighted by Crippen LogP contribution is -2.19. The molecule has 0 saturated heterocycles. The van der Waals surface area contributed by atoms with Crippen molar-refractivity contribution in [2.24, 2.45) is 0 Å². The maximum absolute atomic E-state index is 11.8. The lowest BCUT2D eigenvalue weighted by molar-refractivity contribution is -0.117. The Bertz CT molecular complexity index is 3650. The molecule has 4 aromatic carbocycles. The van der Waals surface area contributed by atoms with E-state index in [1.54, 1.807) is 20.1 Å². The van der Waals surface area contributed by atoms with Crippen molar-refractivity contribution in [3.63, 3.8) is 0 Å². The molecule has 8 N–H and O–H groups in total. The summed E-state index contributed by atoms with van der Waals surface area (Å²) in [5, 5.41) is 40.4. The first-order chi connectivity index (χ1) is 46.8. The van der Waals surface area contributed by atoms with Gasteiger partial charge < -0.3 is 45.6 Å². The zero-order valence-electron chi connectivity index (χ0n) is 59.5. The van der Waals surface area contributed by atoms with Crippen molar-refractivity contribution in [3.05, 3.63) is 181 Å². The number of anilines is 4. The smallest absolute Gasteiger partial charge is 0.250 e. The molecule has 0 spiro atoms. The van der Waals surface area contributed by atoms with Gasteiger partial charge in [-0.3, -0.25) is 39.6 Å². The minimum absolute atomic E-state index is 0.0469. The van der Waals surface area contributed by atoms with Gasteiger partial charge in [0.1, 0.15) is 0 Å². The van der Waals surface area contributed by atoms with Gasteiger partial charge in [0.05, 0.1) is 60.6 Å². The topological polar surface area (TPSA) is 253 Å². The summed E-state index contributed by atoms with van der Waals surface area (Å²) in [6, 6.07) is 31.1. The molecule has 0 aliphatic rings. The summed E-state index contributed by atoms with van der Waals surface area (Å²) in [5.41, 5.74) is 17.6. The predicted molar refractivity (Wildman–Crippen MR) is 397 cm³/mol. The molecule has 0 saturated carbocycles. The molecule has 0 radical (unpaired) electrons. The maximum Gasteiger partial charge on any atom is 0.250 e. The number of benzene rings is 4. The minimum Gasteiger partial charge on any atom is -0.384 e. The van der Waals surface area contributed by atoms with Crippen LogP contribution in [-0.4, -0.2) is 152 Å². The molecule has 0 aliphatic heterocycles. The highest BCUT2D eigenvalue weighted by Gasteiger charge is 2.16. The number of unbranched alkanes of at least 4 members (excludes halogenated alkanes) is 4. The highest BCUT2D eigenvalue weighted by Crippen LogP contribution is 2.28. The normalized spacial score (nSPS) is 10.8. The summed E-state index contributed by atoms with van der Waals surface area (Å²) in [6.45, 7) is 29.6. The highest BCUT2D eigenvalue weighted by atomic mass is 16.5. The van der Waals surface area contributed by atoms with Gasteiger partial charge in [0.15, 0.2) is 0 Å². The van der Waals surface area contributed by atoms with Crippen molar-refractivity contribution < 1.29 is 23.9 Å². The van der Waals surface area contributed by atoms with Crippen LogP contribution in [0.3, 0.4) is 0 Å². The van der Waals surface area contributed by atoms with E-state index in [0.717, 1.165) is 126 Å². The lowest BCUT2D eigenvalue weighted by atomic mass is 10.1. The summed E-state index contributed by atoms with van der Waals surface area (Å²) >= 11 is 0. The Morgan fingerprint density at radius 1 is 0.454 bits per heavy atom. The Balaban J connectivity index is 0.000000234. The second-order valence-corrected chi connectivity index (χ2v) is 24.7. The van der Waals surface area contributed by atoms with Gasteiger partial charge in [0.25, 0.3) is 5.91 Å². The van der Waals surface area contributed by atoms with Crippen LogP contribution >= 0.6 is 0 Å². The molecular weight excluding hydrogens is 1220 g/mol. The summed E-state index contributed by atoms with van der Waals surface area (Å²) in [6.07, 6.45) is 20.3. The van der Waals surface area contributed by atoms with Gasteiger partial charge in [0, 0.05) is 112 Å². The number of ether oxygens (including phenoxy) is 1. The Morgan fingerprint density at radius 3 is 1.01 bits per heavy atom. The van der Waals surface area contributed by atoms with Crippen molar-refractivity contribution in [2.45, 2.75) is 132 Å². The van der Waals surface area contributed by atoms with E-state index in [-0.39, 0.29) is 23.6 Å². The van der Waals surface area contributed by atoms with Crippen molar-refractivity contribution >= 4 is 46.4 Å². The summed E-state index contributed by atoms with van der Waals surface area (Å²) in [5.74, 6) is -0.526. The van der Waals surface area contributed by atoms with E-state index in [2.05, 4.69) is 151 Å². The fourth-order valence-corrected chi connectivity index (χ4v) is 10.1. The van der Waals surface area contributed by atoms with Gasteiger partial charge in [-0.15, -0.1) is 0 Å². The molecular formula is C76H106N16O5. The van der Waals surface area contributed by atoms with E-state index in [1.807, 2.05) is 136 Å². The monoisotopic (exact) mass is 1320 g/mol. The van der Waals surface area contributed by atoms with Crippen LogP contribution in [0, 0.1) is 0 Å². The number of carbonyl (C=O) groups is 4. The number of nitrogens with zero attached hydrogens (tertiary/aromatic N) is 8. The highest BCUT2D eigenvalue weighted by molar-refractivity contribution is 6.03. The third-order valence-corrected chi connectivity index (χ3v) is 15.5. The Kier molecular flexibility index (Phi) is 34.7. The van der Waals surface area contributed by atoms with Crippen LogP contribution in [0.15, 0.2) is 158 Å². The Morgan fingerprint density at radius 2 is 0.742 bits per heavy atom. The number of aromatic amines is 4. The van der Waals surface area contributed by atoms with E-state index in [1.165, 1.54) is 79.7 Å². The molecule has 4 aromatic heterocycles. The van der Waals surface area contributed by atoms with E-state index in [4.69, 9.17) is 4.74 Å².